The standard InChI is InChI=1S/C48H60F2N4O8/c1-10-45-14-11-16-54-17-15-46(39(45)54)33-20-34(37(59-7)21-36(33)52(6)40(46)48(58,43(57)61-9)41(45)62-27(4)55)47(42(56)60-8)22-28-18-30(44(5,49)50)24-53(23-28)25-32-31-19-29(26(2)3)12-13-35(31)51-38(32)47/h11-14,19-21,26,28,30,39-41,51,58H,10,15-18,22-25H2,1-9H3/t28-,30?,39+,40-,41-,45-,46-,47+,48+/m1/s1. The van der Waals surface area contributed by atoms with Gasteiger partial charge in [0.15, 0.2) is 6.10 Å². The number of alkyl halides is 2. The third-order valence-corrected chi connectivity index (χ3v) is 16.1. The van der Waals surface area contributed by atoms with Crippen molar-refractivity contribution < 1.29 is 47.2 Å². The van der Waals surface area contributed by atoms with E-state index < -0.39 is 63.7 Å². The van der Waals surface area contributed by atoms with Crippen LogP contribution in [0.1, 0.15) is 94.2 Å². The van der Waals surface area contributed by atoms with Crippen LogP contribution in [0.4, 0.5) is 14.5 Å². The summed E-state index contributed by atoms with van der Waals surface area (Å²) in [6.07, 6.45) is 4.03. The van der Waals surface area contributed by atoms with E-state index in [1.54, 1.807) is 7.11 Å². The lowest BCUT2D eigenvalue weighted by atomic mass is 9.47. The molecule has 14 heteroatoms. The summed E-state index contributed by atoms with van der Waals surface area (Å²) in [5.74, 6) is -5.73. The van der Waals surface area contributed by atoms with E-state index in [9.17, 15) is 14.7 Å². The third-order valence-electron chi connectivity index (χ3n) is 16.1. The van der Waals surface area contributed by atoms with Gasteiger partial charge in [0, 0.05) is 96.9 Å². The van der Waals surface area contributed by atoms with Crippen LogP contribution < -0.4 is 9.64 Å². The number of halogens is 2. The smallest absolute Gasteiger partial charge is 0.344 e. The first kappa shape index (κ1) is 42.8. The molecule has 2 N–H and O–H groups in total. The van der Waals surface area contributed by atoms with Crippen LogP contribution in [0, 0.1) is 17.3 Å². The van der Waals surface area contributed by atoms with Gasteiger partial charge in [0.1, 0.15) is 11.2 Å². The number of carbonyl (C=O) groups is 3. The molecule has 2 bridgehead atoms. The van der Waals surface area contributed by atoms with Crippen LogP contribution in [0.25, 0.3) is 10.9 Å². The number of carbonyl (C=O) groups excluding carboxylic acids is 3. The molecule has 9 rings (SSSR count). The molecule has 62 heavy (non-hydrogen) atoms. The second-order valence-corrected chi connectivity index (χ2v) is 19.4. The summed E-state index contributed by atoms with van der Waals surface area (Å²) >= 11 is 0. The maximum absolute atomic E-state index is 15.5. The molecule has 334 valence electrons. The van der Waals surface area contributed by atoms with E-state index in [1.807, 2.05) is 49.2 Å². The van der Waals surface area contributed by atoms with Crippen LogP contribution in [0.5, 0.6) is 5.75 Å². The number of aromatic amines is 1. The molecule has 1 spiro atoms. The number of piperidine rings is 1. The minimum absolute atomic E-state index is 0.152. The van der Waals surface area contributed by atoms with E-state index in [2.05, 4.69) is 40.8 Å². The third kappa shape index (κ3) is 5.60. The van der Waals surface area contributed by atoms with Crippen molar-refractivity contribution in [1.29, 1.82) is 0 Å². The molecule has 2 unspecified atom stereocenters. The van der Waals surface area contributed by atoms with Gasteiger partial charge < -0.3 is 33.9 Å². The number of aliphatic hydroxyl groups is 1. The number of ether oxygens (including phenoxy) is 4. The summed E-state index contributed by atoms with van der Waals surface area (Å²) < 4.78 is 54.8. The Morgan fingerprint density at radius 1 is 1.03 bits per heavy atom. The second-order valence-electron chi connectivity index (χ2n) is 19.4. The van der Waals surface area contributed by atoms with Gasteiger partial charge in [-0.25, -0.2) is 13.6 Å². The van der Waals surface area contributed by atoms with Gasteiger partial charge in [-0.1, -0.05) is 39.0 Å². The Balaban J connectivity index is 1.36. The molecule has 0 amide bonds. The Bertz CT molecular complexity index is 2380. The number of hydrogen-bond acceptors (Lipinski definition) is 11. The zero-order valence-electron chi connectivity index (χ0n) is 37.3. The minimum atomic E-state index is -2.95. The summed E-state index contributed by atoms with van der Waals surface area (Å²) in [7, 11) is 5.97. The quantitative estimate of drug-likeness (QED) is 0.152. The molecule has 1 aromatic heterocycles. The number of esters is 3. The summed E-state index contributed by atoms with van der Waals surface area (Å²) in [6.45, 7) is 10.8. The predicted molar refractivity (Wildman–Crippen MR) is 229 cm³/mol. The van der Waals surface area contributed by atoms with Crippen LogP contribution >= 0.6 is 0 Å². The van der Waals surface area contributed by atoms with E-state index in [0.29, 0.717) is 61.7 Å². The largest absolute Gasteiger partial charge is 0.496 e. The van der Waals surface area contributed by atoms with Crippen molar-refractivity contribution in [2.75, 3.05) is 59.5 Å². The number of nitrogens with zero attached hydrogens (tertiary/aromatic N) is 3. The lowest BCUT2D eigenvalue weighted by molar-refractivity contribution is -0.228. The number of H-pyrrole nitrogens is 1. The van der Waals surface area contributed by atoms with E-state index in [4.69, 9.17) is 18.9 Å². The highest BCUT2D eigenvalue weighted by atomic mass is 19.3. The van der Waals surface area contributed by atoms with Crippen LogP contribution in [0.2, 0.25) is 0 Å². The lowest BCUT2D eigenvalue weighted by Crippen LogP contribution is -2.81. The molecule has 3 fully saturated rings. The fraction of sp³-hybridized carbons (Fsp3) is 0.604. The van der Waals surface area contributed by atoms with Gasteiger partial charge in [0.05, 0.1) is 27.4 Å². The number of anilines is 1. The number of hydrogen-bond donors (Lipinski definition) is 2. The molecule has 1 saturated carbocycles. The molecule has 12 nitrogen and oxygen atoms in total. The van der Waals surface area contributed by atoms with Crippen molar-refractivity contribution in [2.45, 2.75) is 113 Å². The summed E-state index contributed by atoms with van der Waals surface area (Å²) in [5, 5.41) is 14.3. The molecule has 1 aliphatic carbocycles. The van der Waals surface area contributed by atoms with Crippen LogP contribution in [-0.4, -0.2) is 122 Å². The van der Waals surface area contributed by atoms with Crippen molar-refractivity contribution >= 4 is 34.5 Å². The van der Waals surface area contributed by atoms with Gasteiger partial charge in [0.2, 0.25) is 11.5 Å². The van der Waals surface area contributed by atoms with Crippen molar-refractivity contribution in [3.05, 3.63) is 70.4 Å². The highest BCUT2D eigenvalue weighted by Gasteiger charge is 2.80. The van der Waals surface area contributed by atoms with E-state index in [-0.39, 0.29) is 37.3 Å². The Hall–Kier alpha value is -4.53. The predicted octanol–water partition coefficient (Wildman–Crippen LogP) is 6.20. The number of nitrogens with one attached hydrogen (secondary N) is 1. The molecule has 2 saturated heterocycles. The van der Waals surface area contributed by atoms with Gasteiger partial charge in [-0.05, 0) is 85.9 Å². The number of rotatable bonds is 8. The first-order valence-corrected chi connectivity index (χ1v) is 22.1. The van der Waals surface area contributed by atoms with Gasteiger partial charge in [-0.3, -0.25) is 19.4 Å². The average Bonchev–Trinajstić information content (AvgIpc) is 3.89. The van der Waals surface area contributed by atoms with Gasteiger partial charge in [0.25, 0.3) is 0 Å². The normalized spacial score (nSPS) is 34.8. The number of benzene rings is 2. The van der Waals surface area contributed by atoms with Crippen LogP contribution in [0.15, 0.2) is 42.5 Å². The Morgan fingerprint density at radius 2 is 1.77 bits per heavy atom. The first-order valence-electron chi connectivity index (χ1n) is 22.1. The Morgan fingerprint density at radius 3 is 2.42 bits per heavy atom. The van der Waals surface area contributed by atoms with Crippen LogP contribution in [0.3, 0.4) is 0 Å². The number of methoxy groups -OCH3 is 3. The molecule has 2 aromatic carbocycles. The fourth-order valence-electron chi connectivity index (χ4n) is 13.7. The summed E-state index contributed by atoms with van der Waals surface area (Å²) in [6, 6.07) is 8.82. The number of aromatic nitrogens is 1. The zero-order valence-corrected chi connectivity index (χ0v) is 37.3. The van der Waals surface area contributed by atoms with Crippen molar-refractivity contribution in [3.63, 3.8) is 0 Å². The van der Waals surface area contributed by atoms with Gasteiger partial charge in [-0.2, -0.15) is 0 Å². The molecular weight excluding hydrogens is 799 g/mol. The average molecular weight is 859 g/mol. The Kier molecular flexibility index (Phi) is 10.00. The van der Waals surface area contributed by atoms with E-state index in [1.165, 1.54) is 21.1 Å². The molecular formula is C48H60F2N4O8. The monoisotopic (exact) mass is 858 g/mol. The highest BCUT2D eigenvalue weighted by Crippen LogP contribution is 2.68. The highest BCUT2D eigenvalue weighted by molar-refractivity contribution is 5.95. The molecule has 0 radical (unpaired) electrons. The van der Waals surface area contributed by atoms with E-state index >= 15 is 13.6 Å². The first-order chi connectivity index (χ1) is 29.4. The van der Waals surface area contributed by atoms with E-state index in [0.717, 1.165) is 34.5 Å². The SMILES string of the molecule is CC[C@]12C=CCN3CC[C@@]4(c5cc([C@@]6(C(=O)OC)C[C@H]7CC(C(C)(F)F)CN(Cc8c6[nH]c6ccc(C(C)C)cc86)C7)c(OC)cc5N(C)[C@H]4[C@@](O)(C(=O)OC)[C@@H]1OC(C)=O)[C@@H]32. The fourth-order valence-corrected chi connectivity index (χ4v) is 13.7. The van der Waals surface area contributed by atoms with Gasteiger partial charge in [-0.15, -0.1) is 0 Å². The molecule has 6 aliphatic rings. The minimum Gasteiger partial charge on any atom is -0.496 e. The van der Waals surface area contributed by atoms with Crippen LogP contribution in [-0.2, 0) is 46.0 Å². The number of fused-ring (bicyclic) bond motifs is 6. The number of likely N-dealkylation sites (N-methyl/N-ethyl adjacent to an activating group) is 1. The topological polar surface area (TPSA) is 134 Å². The molecule has 3 aromatic rings. The molecule has 6 heterocycles. The van der Waals surface area contributed by atoms with Crippen molar-refractivity contribution in [2.24, 2.45) is 17.3 Å². The summed E-state index contributed by atoms with van der Waals surface area (Å²) in [4.78, 5) is 52.9. The maximum atomic E-state index is 15.5. The summed E-state index contributed by atoms with van der Waals surface area (Å²) in [5.41, 5.74) is -0.523. The Labute approximate surface area is 361 Å². The maximum Gasteiger partial charge on any atom is 0.344 e. The lowest BCUT2D eigenvalue weighted by Gasteiger charge is -2.63. The zero-order chi connectivity index (χ0) is 44.5. The van der Waals surface area contributed by atoms with Crippen molar-refractivity contribution in [3.8, 4) is 5.75 Å². The molecule has 5 aliphatic heterocycles. The van der Waals surface area contributed by atoms with Crippen molar-refractivity contribution in [1.82, 2.24) is 14.8 Å². The van der Waals surface area contributed by atoms with Gasteiger partial charge >= 0.3 is 17.9 Å². The molecule has 10 atom stereocenters. The second kappa shape index (κ2) is 14.5.